The van der Waals surface area contributed by atoms with Gasteiger partial charge in [-0.1, -0.05) is 24.3 Å². The van der Waals surface area contributed by atoms with Crippen LogP contribution in [-0.4, -0.2) is 26.0 Å². The molecule has 6 heteroatoms. The second kappa shape index (κ2) is 5.70. The normalized spacial score (nSPS) is 14.4. The third-order valence-corrected chi connectivity index (χ3v) is 5.90. The van der Waals surface area contributed by atoms with Crippen LogP contribution in [0.1, 0.15) is 27.9 Å². The Bertz CT molecular complexity index is 874. The first-order chi connectivity index (χ1) is 10.9. The summed E-state index contributed by atoms with van der Waals surface area (Å²) in [4.78, 5) is 11.3. The molecule has 23 heavy (non-hydrogen) atoms. The Morgan fingerprint density at radius 3 is 2.65 bits per heavy atom. The number of nitrogens with zero attached hydrogens (tertiary/aromatic N) is 1. The number of carbonyl (C=O) groups is 1. The van der Waals surface area contributed by atoms with Gasteiger partial charge in [-0.15, -0.1) is 0 Å². The number of anilines is 1. The van der Waals surface area contributed by atoms with E-state index in [0.29, 0.717) is 17.8 Å². The van der Waals surface area contributed by atoms with Gasteiger partial charge in [0.1, 0.15) is 0 Å². The van der Waals surface area contributed by atoms with E-state index in [0.717, 1.165) is 18.4 Å². The van der Waals surface area contributed by atoms with Crippen molar-refractivity contribution in [2.75, 3.05) is 10.8 Å². The molecule has 3 rings (SSSR count). The number of fused-ring (bicyclic) bond motifs is 1. The molecule has 0 saturated carbocycles. The molecule has 0 aromatic heterocycles. The van der Waals surface area contributed by atoms with Crippen molar-refractivity contribution in [1.82, 2.24) is 0 Å². The summed E-state index contributed by atoms with van der Waals surface area (Å²) < 4.78 is 27.3. The van der Waals surface area contributed by atoms with Crippen LogP contribution in [0.15, 0.2) is 47.4 Å². The average Bonchev–Trinajstić information content (AvgIpc) is 2.54. The fourth-order valence-electron chi connectivity index (χ4n) is 2.87. The fraction of sp³-hybridized carbons (Fsp3) is 0.235. The van der Waals surface area contributed by atoms with E-state index < -0.39 is 16.0 Å². The van der Waals surface area contributed by atoms with Gasteiger partial charge in [0.05, 0.1) is 16.1 Å². The van der Waals surface area contributed by atoms with Gasteiger partial charge >= 0.3 is 5.97 Å². The maximum absolute atomic E-state index is 13.0. The van der Waals surface area contributed by atoms with Crippen molar-refractivity contribution >= 4 is 21.7 Å². The van der Waals surface area contributed by atoms with Crippen molar-refractivity contribution in [1.29, 1.82) is 0 Å². The molecule has 2 aromatic carbocycles. The van der Waals surface area contributed by atoms with E-state index in [2.05, 4.69) is 0 Å². The quantitative estimate of drug-likeness (QED) is 0.938. The number of benzene rings is 2. The number of para-hydroxylation sites is 1. The highest BCUT2D eigenvalue weighted by atomic mass is 32.2. The lowest BCUT2D eigenvalue weighted by atomic mass is 10.0. The summed E-state index contributed by atoms with van der Waals surface area (Å²) in [6.45, 7) is 2.05. The van der Waals surface area contributed by atoms with Crippen LogP contribution in [0.3, 0.4) is 0 Å². The predicted octanol–water partition coefficient (Wildman–Crippen LogP) is 2.83. The molecule has 120 valence electrons. The molecule has 1 heterocycles. The maximum atomic E-state index is 13.0. The highest BCUT2D eigenvalue weighted by Gasteiger charge is 2.29. The van der Waals surface area contributed by atoms with E-state index in [1.807, 2.05) is 18.2 Å². The predicted molar refractivity (Wildman–Crippen MR) is 87.4 cm³/mol. The number of aromatic carboxylic acids is 1. The number of carboxylic acid groups (broad SMARTS) is 1. The summed E-state index contributed by atoms with van der Waals surface area (Å²) in [7, 11) is -3.78. The lowest BCUT2D eigenvalue weighted by Gasteiger charge is -2.30. The molecule has 0 unspecified atom stereocenters. The number of carboxylic acids is 1. The van der Waals surface area contributed by atoms with Gasteiger partial charge in [-0.2, -0.15) is 0 Å². The van der Waals surface area contributed by atoms with Crippen molar-refractivity contribution in [2.24, 2.45) is 0 Å². The van der Waals surface area contributed by atoms with Crippen LogP contribution in [0.5, 0.6) is 0 Å². The van der Waals surface area contributed by atoms with E-state index >= 15 is 0 Å². The minimum atomic E-state index is -3.78. The third kappa shape index (κ3) is 2.70. The number of hydrogen-bond acceptors (Lipinski definition) is 3. The monoisotopic (exact) mass is 331 g/mol. The number of sulfonamides is 1. The van der Waals surface area contributed by atoms with Crippen molar-refractivity contribution in [3.05, 3.63) is 59.2 Å². The largest absolute Gasteiger partial charge is 0.478 e. The first-order valence-corrected chi connectivity index (χ1v) is 8.80. The molecule has 2 aromatic rings. The Labute approximate surface area is 135 Å². The van der Waals surface area contributed by atoms with E-state index in [9.17, 15) is 18.3 Å². The van der Waals surface area contributed by atoms with Crippen LogP contribution in [0.4, 0.5) is 5.69 Å². The summed E-state index contributed by atoms with van der Waals surface area (Å²) in [6, 6.07) is 11.7. The molecular weight excluding hydrogens is 314 g/mol. The van der Waals surface area contributed by atoms with Gasteiger partial charge in [-0.25, -0.2) is 13.2 Å². The molecule has 0 saturated heterocycles. The van der Waals surface area contributed by atoms with Crippen molar-refractivity contribution < 1.29 is 18.3 Å². The zero-order valence-corrected chi connectivity index (χ0v) is 13.5. The molecule has 1 aliphatic heterocycles. The van der Waals surface area contributed by atoms with Crippen LogP contribution in [0, 0.1) is 6.92 Å². The van der Waals surface area contributed by atoms with Gasteiger partial charge in [-0.05, 0) is 49.1 Å². The molecule has 0 spiro atoms. The molecule has 0 radical (unpaired) electrons. The van der Waals surface area contributed by atoms with E-state index in [-0.39, 0.29) is 10.5 Å². The van der Waals surface area contributed by atoms with Crippen molar-refractivity contribution in [2.45, 2.75) is 24.7 Å². The second-order valence-electron chi connectivity index (χ2n) is 5.59. The molecule has 1 N–H and O–H groups in total. The maximum Gasteiger partial charge on any atom is 0.335 e. The van der Waals surface area contributed by atoms with Crippen LogP contribution in [0.25, 0.3) is 0 Å². The van der Waals surface area contributed by atoms with Gasteiger partial charge in [-0.3, -0.25) is 4.31 Å². The average molecular weight is 331 g/mol. The Kier molecular flexibility index (Phi) is 3.85. The van der Waals surface area contributed by atoms with Crippen LogP contribution >= 0.6 is 0 Å². The van der Waals surface area contributed by atoms with Crippen LogP contribution in [-0.2, 0) is 16.4 Å². The Morgan fingerprint density at radius 2 is 1.91 bits per heavy atom. The topological polar surface area (TPSA) is 74.7 Å². The Morgan fingerprint density at radius 1 is 1.17 bits per heavy atom. The Balaban J connectivity index is 2.10. The first kappa shape index (κ1) is 15.6. The van der Waals surface area contributed by atoms with E-state index in [4.69, 9.17) is 0 Å². The Hall–Kier alpha value is -2.34. The minimum Gasteiger partial charge on any atom is -0.478 e. The van der Waals surface area contributed by atoms with E-state index in [1.165, 1.54) is 22.5 Å². The lowest BCUT2D eigenvalue weighted by molar-refractivity contribution is 0.0696. The third-order valence-electron chi connectivity index (χ3n) is 4.10. The summed E-state index contributed by atoms with van der Waals surface area (Å²) in [5, 5.41) is 9.22. The molecular formula is C17H17NO4S. The molecule has 0 bridgehead atoms. The second-order valence-corrected chi connectivity index (χ2v) is 7.45. The summed E-state index contributed by atoms with van der Waals surface area (Å²) >= 11 is 0. The molecule has 0 aliphatic carbocycles. The molecule has 0 amide bonds. The minimum absolute atomic E-state index is 0.0105. The van der Waals surface area contributed by atoms with Crippen LogP contribution < -0.4 is 4.31 Å². The van der Waals surface area contributed by atoms with Gasteiger partial charge in [0.15, 0.2) is 0 Å². The van der Waals surface area contributed by atoms with Crippen molar-refractivity contribution in [3.63, 3.8) is 0 Å². The molecule has 0 atom stereocenters. The van der Waals surface area contributed by atoms with Gasteiger partial charge < -0.3 is 5.11 Å². The molecule has 0 fully saturated rings. The lowest BCUT2D eigenvalue weighted by Crippen LogP contribution is -2.35. The van der Waals surface area contributed by atoms with Gasteiger partial charge in [0.2, 0.25) is 0 Å². The standard InChI is InChI=1S/C17H17NO4S/c1-12-8-9-14(11-15(12)17(19)20)23(21,22)18-10-4-6-13-5-2-3-7-16(13)18/h2-3,5,7-9,11H,4,6,10H2,1H3,(H,19,20). The molecule has 1 aliphatic rings. The number of rotatable bonds is 3. The zero-order valence-electron chi connectivity index (χ0n) is 12.7. The SMILES string of the molecule is Cc1ccc(S(=O)(=O)N2CCCc3ccccc32)cc1C(=O)O. The number of hydrogen-bond donors (Lipinski definition) is 1. The van der Waals surface area contributed by atoms with Gasteiger partial charge in [0.25, 0.3) is 10.0 Å². The van der Waals surface area contributed by atoms with Gasteiger partial charge in [0, 0.05) is 6.54 Å². The summed E-state index contributed by atoms with van der Waals surface area (Å²) in [5.41, 5.74) is 2.22. The fourth-order valence-corrected chi connectivity index (χ4v) is 4.44. The molecule has 5 nitrogen and oxygen atoms in total. The number of aryl methyl sites for hydroxylation is 2. The zero-order chi connectivity index (χ0) is 16.6. The highest BCUT2D eigenvalue weighted by molar-refractivity contribution is 7.92. The highest BCUT2D eigenvalue weighted by Crippen LogP contribution is 2.32. The summed E-state index contributed by atoms with van der Waals surface area (Å²) in [5.74, 6) is -1.13. The van der Waals surface area contributed by atoms with Crippen molar-refractivity contribution in [3.8, 4) is 0 Å². The smallest absolute Gasteiger partial charge is 0.335 e. The van der Waals surface area contributed by atoms with E-state index in [1.54, 1.807) is 13.0 Å². The van der Waals surface area contributed by atoms with Crippen LogP contribution in [0.2, 0.25) is 0 Å². The first-order valence-electron chi connectivity index (χ1n) is 7.36. The summed E-state index contributed by atoms with van der Waals surface area (Å²) in [6.07, 6.45) is 1.59.